The van der Waals surface area contributed by atoms with Gasteiger partial charge in [0.2, 0.25) is 11.9 Å². The predicted octanol–water partition coefficient (Wildman–Crippen LogP) is 5.02. The van der Waals surface area contributed by atoms with Gasteiger partial charge >= 0.3 is 0 Å². The lowest BCUT2D eigenvalue weighted by molar-refractivity contribution is 0.0265. The molecule has 0 bridgehead atoms. The maximum absolute atomic E-state index is 6.77. The van der Waals surface area contributed by atoms with Crippen LogP contribution >= 0.6 is 0 Å². The van der Waals surface area contributed by atoms with Gasteiger partial charge in [0.25, 0.3) is 0 Å². The Balaban J connectivity index is 1.70. The van der Waals surface area contributed by atoms with E-state index in [0.29, 0.717) is 11.9 Å². The summed E-state index contributed by atoms with van der Waals surface area (Å²) >= 11 is 0. The Morgan fingerprint density at radius 2 is 1.22 bits per heavy atom. The lowest BCUT2D eigenvalue weighted by Crippen LogP contribution is -2.65. The summed E-state index contributed by atoms with van der Waals surface area (Å²) in [5.41, 5.74) is 15.4. The molecule has 168 valence electrons. The van der Waals surface area contributed by atoms with Crippen LogP contribution in [0.1, 0.15) is 75.3 Å². The molecule has 3 aliphatic rings. The zero-order chi connectivity index (χ0) is 22.0. The van der Waals surface area contributed by atoms with Crippen LogP contribution in [0.4, 0.5) is 0 Å². The van der Waals surface area contributed by atoms with Crippen molar-refractivity contribution in [3.05, 3.63) is 71.8 Å². The first-order valence-corrected chi connectivity index (χ1v) is 12.2. The van der Waals surface area contributed by atoms with Crippen molar-refractivity contribution in [1.82, 2.24) is 4.90 Å². The average molecular weight is 430 g/mol. The van der Waals surface area contributed by atoms with Crippen LogP contribution in [-0.4, -0.2) is 23.0 Å². The number of hydrogen-bond acceptors (Lipinski definition) is 5. The third-order valence-corrected chi connectivity index (χ3v) is 8.02. The Labute approximate surface area is 191 Å². The van der Waals surface area contributed by atoms with Crippen LogP contribution in [0.2, 0.25) is 0 Å². The highest BCUT2D eigenvalue weighted by molar-refractivity contribution is 5.96. The number of rotatable bonds is 4. The molecule has 1 atom stereocenters. The molecule has 5 rings (SSSR count). The summed E-state index contributed by atoms with van der Waals surface area (Å²) in [7, 11) is 0. The van der Waals surface area contributed by atoms with Gasteiger partial charge in [-0.2, -0.15) is 4.99 Å². The standard InChI is InChI=1S/C27H35N5/c28-24-30-23(26(17-9-3-10-18-26)21-13-5-1-6-14-21)32(25(29)31-24)27(19-11-4-12-20-27)22-15-7-2-8-16-22/h1-2,5-8,13-16,23H,3-4,9-12,17-20H2,(H4,28,29,30,31). The number of nitrogens with zero attached hydrogens (tertiary/aromatic N) is 3. The lowest BCUT2D eigenvalue weighted by Gasteiger charge is -2.56. The normalized spacial score (nSPS) is 25.0. The first kappa shape index (κ1) is 21.0. The summed E-state index contributed by atoms with van der Waals surface area (Å²) in [5.74, 6) is 0.831. The zero-order valence-electron chi connectivity index (χ0n) is 18.9. The van der Waals surface area contributed by atoms with Crippen molar-refractivity contribution in [2.75, 3.05) is 0 Å². The van der Waals surface area contributed by atoms with Gasteiger partial charge in [0.1, 0.15) is 6.17 Å². The van der Waals surface area contributed by atoms with Gasteiger partial charge in [-0.05, 0) is 36.8 Å². The molecule has 0 radical (unpaired) electrons. The fraction of sp³-hybridized carbons (Fsp3) is 0.481. The number of benzene rings is 2. The number of aliphatic imine (C=N–C) groups is 2. The van der Waals surface area contributed by atoms with Crippen LogP contribution in [0.3, 0.4) is 0 Å². The molecule has 4 N–H and O–H groups in total. The highest BCUT2D eigenvalue weighted by Gasteiger charge is 2.53. The smallest absolute Gasteiger partial charge is 0.220 e. The van der Waals surface area contributed by atoms with Crippen LogP contribution in [0, 0.1) is 0 Å². The van der Waals surface area contributed by atoms with Gasteiger partial charge in [-0.1, -0.05) is 99.2 Å². The molecule has 2 aromatic rings. The summed E-state index contributed by atoms with van der Waals surface area (Å²) in [6, 6.07) is 21.8. The highest BCUT2D eigenvalue weighted by Crippen LogP contribution is 2.51. The molecule has 0 amide bonds. The van der Waals surface area contributed by atoms with E-state index in [1.54, 1.807) is 0 Å². The van der Waals surface area contributed by atoms with Crippen molar-refractivity contribution in [1.29, 1.82) is 0 Å². The first-order chi connectivity index (χ1) is 15.7. The van der Waals surface area contributed by atoms with Gasteiger partial charge < -0.3 is 16.4 Å². The second-order valence-electron chi connectivity index (χ2n) is 9.74. The van der Waals surface area contributed by atoms with Crippen molar-refractivity contribution >= 4 is 11.9 Å². The molecular weight excluding hydrogens is 394 g/mol. The number of hydrogen-bond donors (Lipinski definition) is 2. The third-order valence-electron chi connectivity index (χ3n) is 8.02. The van der Waals surface area contributed by atoms with E-state index in [1.807, 2.05) is 0 Å². The molecule has 2 saturated carbocycles. The predicted molar refractivity (Wildman–Crippen MR) is 131 cm³/mol. The van der Waals surface area contributed by atoms with Gasteiger partial charge in [0, 0.05) is 5.41 Å². The summed E-state index contributed by atoms with van der Waals surface area (Å²) in [6.45, 7) is 0. The molecule has 2 aliphatic carbocycles. The largest absolute Gasteiger partial charge is 0.369 e. The fourth-order valence-corrected chi connectivity index (χ4v) is 6.53. The SMILES string of the molecule is NC1=NC(C2(c3ccccc3)CCCCC2)N(C2(c3ccccc3)CCCCC2)C(N)=N1. The topological polar surface area (TPSA) is 80.0 Å². The van der Waals surface area contributed by atoms with E-state index < -0.39 is 0 Å². The van der Waals surface area contributed by atoms with Gasteiger partial charge in [-0.15, -0.1) is 0 Å². The van der Waals surface area contributed by atoms with Crippen LogP contribution in [0.25, 0.3) is 0 Å². The van der Waals surface area contributed by atoms with Crippen molar-refractivity contribution in [2.24, 2.45) is 21.5 Å². The van der Waals surface area contributed by atoms with Crippen LogP contribution in [-0.2, 0) is 11.0 Å². The van der Waals surface area contributed by atoms with E-state index in [1.165, 1.54) is 49.7 Å². The molecule has 5 heteroatoms. The van der Waals surface area contributed by atoms with Crippen LogP contribution in [0.5, 0.6) is 0 Å². The molecule has 0 spiro atoms. The minimum absolute atomic E-state index is 0.121. The summed E-state index contributed by atoms with van der Waals surface area (Å²) in [5, 5.41) is 0. The maximum atomic E-state index is 6.77. The van der Waals surface area contributed by atoms with E-state index in [0.717, 1.165) is 25.7 Å². The van der Waals surface area contributed by atoms with Gasteiger partial charge in [0.05, 0.1) is 5.54 Å². The van der Waals surface area contributed by atoms with Crippen LogP contribution in [0.15, 0.2) is 70.6 Å². The Bertz CT molecular complexity index is 970. The van der Waals surface area contributed by atoms with Crippen LogP contribution < -0.4 is 11.5 Å². The minimum atomic E-state index is -0.207. The fourth-order valence-electron chi connectivity index (χ4n) is 6.53. The van der Waals surface area contributed by atoms with Gasteiger partial charge in [0.15, 0.2) is 0 Å². The maximum Gasteiger partial charge on any atom is 0.220 e. The Kier molecular flexibility index (Phi) is 5.66. The van der Waals surface area contributed by atoms with Crippen molar-refractivity contribution in [3.8, 4) is 0 Å². The molecule has 32 heavy (non-hydrogen) atoms. The molecule has 2 fully saturated rings. The molecule has 5 nitrogen and oxygen atoms in total. The van der Waals surface area contributed by atoms with Crippen molar-refractivity contribution in [3.63, 3.8) is 0 Å². The molecule has 1 aliphatic heterocycles. The molecule has 1 heterocycles. The second-order valence-corrected chi connectivity index (χ2v) is 9.74. The minimum Gasteiger partial charge on any atom is -0.369 e. The van der Waals surface area contributed by atoms with E-state index in [2.05, 4.69) is 70.6 Å². The molecule has 0 aromatic heterocycles. The summed E-state index contributed by atoms with van der Waals surface area (Å²) in [6.07, 6.45) is 11.4. The van der Waals surface area contributed by atoms with Crippen molar-refractivity contribution in [2.45, 2.75) is 81.3 Å². The van der Waals surface area contributed by atoms with Gasteiger partial charge in [-0.3, -0.25) is 0 Å². The average Bonchev–Trinajstić information content (AvgIpc) is 2.85. The van der Waals surface area contributed by atoms with E-state index in [4.69, 9.17) is 16.5 Å². The Morgan fingerprint density at radius 3 is 1.81 bits per heavy atom. The molecular formula is C27H35N5. The Morgan fingerprint density at radius 1 is 0.688 bits per heavy atom. The molecule has 2 aromatic carbocycles. The second kappa shape index (κ2) is 8.61. The summed E-state index contributed by atoms with van der Waals surface area (Å²) in [4.78, 5) is 12.0. The highest BCUT2D eigenvalue weighted by atomic mass is 15.4. The third kappa shape index (κ3) is 3.48. The first-order valence-electron chi connectivity index (χ1n) is 12.2. The van der Waals surface area contributed by atoms with E-state index in [9.17, 15) is 0 Å². The van der Waals surface area contributed by atoms with E-state index in [-0.39, 0.29) is 17.1 Å². The number of guanidine groups is 2. The molecule has 1 unspecified atom stereocenters. The van der Waals surface area contributed by atoms with Gasteiger partial charge in [-0.25, -0.2) is 4.99 Å². The lowest BCUT2D eigenvalue weighted by atomic mass is 9.65. The van der Waals surface area contributed by atoms with E-state index >= 15 is 0 Å². The monoisotopic (exact) mass is 429 g/mol. The summed E-state index contributed by atoms with van der Waals surface area (Å²) < 4.78 is 0. The molecule has 0 saturated heterocycles. The quantitative estimate of drug-likeness (QED) is 0.716. The number of nitrogens with two attached hydrogens (primary N) is 2. The Hall–Kier alpha value is -2.82. The zero-order valence-corrected chi connectivity index (χ0v) is 18.9. The van der Waals surface area contributed by atoms with Crippen molar-refractivity contribution < 1.29 is 0 Å².